The number of alkyl carbamates (subject to hydrolysis) is 1. The van der Waals surface area contributed by atoms with Crippen molar-refractivity contribution in [1.29, 1.82) is 0 Å². The van der Waals surface area contributed by atoms with E-state index in [0.717, 1.165) is 17.9 Å². The van der Waals surface area contributed by atoms with E-state index in [1.807, 2.05) is 30.3 Å². The lowest BCUT2D eigenvalue weighted by Crippen LogP contribution is -2.53. The maximum Gasteiger partial charge on any atom is 0.407 e. The quantitative estimate of drug-likeness (QED) is 0.848. The van der Waals surface area contributed by atoms with Gasteiger partial charge in [0.05, 0.1) is 0 Å². The number of fused-ring (bicyclic) bond motifs is 2. The molecule has 0 aliphatic heterocycles. The fourth-order valence-electron chi connectivity index (χ4n) is 4.02. The Balaban J connectivity index is 1.43. The summed E-state index contributed by atoms with van der Waals surface area (Å²) in [6.07, 6.45) is 2.08. The van der Waals surface area contributed by atoms with Gasteiger partial charge in [0, 0.05) is 6.54 Å². The molecule has 3 nitrogen and oxygen atoms in total. The molecule has 22 heavy (non-hydrogen) atoms. The Bertz CT molecular complexity index is 564. The Hall–Kier alpha value is -1.77. The molecule has 3 fully saturated rings. The molecule has 3 heteroatoms. The van der Waals surface area contributed by atoms with E-state index >= 15 is 0 Å². The van der Waals surface area contributed by atoms with Crippen molar-refractivity contribution in [2.75, 3.05) is 6.54 Å². The maximum atomic E-state index is 11.8. The zero-order chi connectivity index (χ0) is 15.7. The minimum atomic E-state index is -0.338. The highest BCUT2D eigenvalue weighted by molar-refractivity contribution is 5.67. The number of rotatable bonds is 4. The van der Waals surface area contributed by atoms with Gasteiger partial charge < -0.3 is 10.1 Å². The number of carbonyl (C=O) groups excluding carboxylic acids is 1. The van der Waals surface area contributed by atoms with Crippen LogP contribution >= 0.6 is 0 Å². The van der Waals surface area contributed by atoms with Crippen LogP contribution in [0.4, 0.5) is 4.79 Å². The lowest BCUT2D eigenvalue weighted by Gasteiger charge is -2.60. The maximum absolute atomic E-state index is 11.8. The summed E-state index contributed by atoms with van der Waals surface area (Å²) in [6, 6.07) is 9.73. The van der Waals surface area contributed by atoms with Crippen LogP contribution in [0, 0.1) is 23.2 Å². The number of hydrogen-bond acceptors (Lipinski definition) is 2. The van der Waals surface area contributed by atoms with E-state index in [1.54, 1.807) is 0 Å². The van der Waals surface area contributed by atoms with Gasteiger partial charge in [-0.2, -0.15) is 0 Å². The monoisotopic (exact) mass is 299 g/mol. The van der Waals surface area contributed by atoms with Gasteiger partial charge >= 0.3 is 6.09 Å². The van der Waals surface area contributed by atoms with Crippen LogP contribution in [0.5, 0.6) is 0 Å². The van der Waals surface area contributed by atoms with Crippen molar-refractivity contribution < 1.29 is 9.53 Å². The Morgan fingerprint density at radius 1 is 1.32 bits per heavy atom. The van der Waals surface area contributed by atoms with Crippen LogP contribution < -0.4 is 5.32 Å². The molecule has 118 valence electrons. The summed E-state index contributed by atoms with van der Waals surface area (Å²) < 4.78 is 5.25. The lowest BCUT2D eigenvalue weighted by atomic mass is 9.45. The summed E-state index contributed by atoms with van der Waals surface area (Å²) in [6.45, 7) is 9.94. The van der Waals surface area contributed by atoms with Crippen molar-refractivity contribution >= 4 is 6.09 Å². The average Bonchev–Trinajstić information content (AvgIpc) is 2.52. The lowest BCUT2D eigenvalue weighted by molar-refractivity contribution is -0.0463. The number of carbonyl (C=O) groups is 1. The van der Waals surface area contributed by atoms with Gasteiger partial charge in [0.15, 0.2) is 0 Å². The molecule has 4 rings (SSSR count). The molecular formula is C19H25NO2. The zero-order valence-corrected chi connectivity index (χ0v) is 13.5. The summed E-state index contributed by atoms with van der Waals surface area (Å²) in [5, 5.41) is 2.90. The molecule has 3 atom stereocenters. The van der Waals surface area contributed by atoms with Gasteiger partial charge in [-0.05, 0) is 41.6 Å². The topological polar surface area (TPSA) is 38.3 Å². The van der Waals surface area contributed by atoms with Crippen LogP contribution in [-0.4, -0.2) is 12.6 Å². The largest absolute Gasteiger partial charge is 0.445 e. The fraction of sp³-hybridized carbons (Fsp3) is 0.526. The molecule has 0 heterocycles. The highest BCUT2D eigenvalue weighted by atomic mass is 16.5. The average molecular weight is 299 g/mol. The van der Waals surface area contributed by atoms with Gasteiger partial charge in [-0.1, -0.05) is 56.3 Å². The number of ether oxygens (including phenoxy) is 1. The third-order valence-electron chi connectivity index (χ3n) is 5.72. The van der Waals surface area contributed by atoms with Crippen molar-refractivity contribution in [3.63, 3.8) is 0 Å². The molecular weight excluding hydrogens is 274 g/mol. The normalized spacial score (nSPS) is 28.6. The molecule has 2 bridgehead atoms. The summed E-state index contributed by atoms with van der Waals surface area (Å²) in [7, 11) is 0. The highest BCUT2D eigenvalue weighted by Crippen LogP contribution is 2.62. The molecule has 0 radical (unpaired) electrons. The summed E-state index contributed by atoms with van der Waals surface area (Å²) >= 11 is 0. The molecule has 3 aliphatic carbocycles. The van der Waals surface area contributed by atoms with E-state index in [9.17, 15) is 4.79 Å². The second kappa shape index (κ2) is 5.79. The predicted octanol–water partition coefficient (Wildman–Crippen LogP) is 4.15. The molecule has 0 spiro atoms. The van der Waals surface area contributed by atoms with E-state index in [2.05, 4.69) is 25.7 Å². The van der Waals surface area contributed by atoms with Crippen molar-refractivity contribution in [3.05, 3.63) is 48.0 Å². The molecule has 1 aromatic rings. The first kappa shape index (κ1) is 15.1. The van der Waals surface area contributed by atoms with Gasteiger partial charge in [0.1, 0.15) is 6.61 Å². The van der Waals surface area contributed by atoms with Gasteiger partial charge in [0.2, 0.25) is 0 Å². The minimum absolute atomic E-state index is 0.316. The van der Waals surface area contributed by atoms with Crippen molar-refractivity contribution in [1.82, 2.24) is 5.32 Å². The highest BCUT2D eigenvalue weighted by Gasteiger charge is 2.54. The molecule has 0 saturated heterocycles. The van der Waals surface area contributed by atoms with E-state index in [0.29, 0.717) is 30.4 Å². The predicted molar refractivity (Wildman–Crippen MR) is 87.3 cm³/mol. The molecule has 3 aliphatic rings. The SMILES string of the molecule is C=C1C(CNC(=O)OCc2ccccc2)CC2CC1C2(C)C. The molecule has 1 amide bonds. The number of amides is 1. The number of benzene rings is 1. The molecule has 3 saturated carbocycles. The molecule has 3 unspecified atom stereocenters. The third kappa shape index (κ3) is 2.77. The van der Waals surface area contributed by atoms with Crippen LogP contribution in [0.3, 0.4) is 0 Å². The van der Waals surface area contributed by atoms with Crippen LogP contribution in [0.25, 0.3) is 0 Å². The smallest absolute Gasteiger partial charge is 0.407 e. The van der Waals surface area contributed by atoms with E-state index in [1.165, 1.54) is 12.0 Å². The van der Waals surface area contributed by atoms with E-state index in [4.69, 9.17) is 4.74 Å². The molecule has 0 aromatic heterocycles. The summed E-state index contributed by atoms with van der Waals surface area (Å²) in [5.74, 6) is 1.80. The second-order valence-corrected chi connectivity index (χ2v) is 7.26. The number of nitrogens with one attached hydrogen (secondary N) is 1. The first-order chi connectivity index (χ1) is 10.5. The zero-order valence-electron chi connectivity index (χ0n) is 13.5. The Kier molecular flexibility index (Phi) is 3.98. The van der Waals surface area contributed by atoms with Crippen LogP contribution in [0.1, 0.15) is 32.3 Å². The first-order valence-electron chi connectivity index (χ1n) is 8.11. The summed E-state index contributed by atoms with van der Waals surface area (Å²) in [5.41, 5.74) is 2.72. The molecule has 1 N–H and O–H groups in total. The van der Waals surface area contributed by atoms with Gasteiger partial charge in [-0.15, -0.1) is 0 Å². The van der Waals surface area contributed by atoms with Gasteiger partial charge in [-0.3, -0.25) is 0 Å². The van der Waals surface area contributed by atoms with E-state index < -0.39 is 0 Å². The Morgan fingerprint density at radius 3 is 2.68 bits per heavy atom. The van der Waals surface area contributed by atoms with Crippen molar-refractivity contribution in [2.45, 2.75) is 33.3 Å². The van der Waals surface area contributed by atoms with Crippen LogP contribution in [0.2, 0.25) is 0 Å². The fourth-order valence-corrected chi connectivity index (χ4v) is 4.02. The first-order valence-corrected chi connectivity index (χ1v) is 8.11. The van der Waals surface area contributed by atoms with Crippen LogP contribution in [-0.2, 0) is 11.3 Å². The van der Waals surface area contributed by atoms with Gasteiger partial charge in [0.25, 0.3) is 0 Å². The minimum Gasteiger partial charge on any atom is -0.445 e. The third-order valence-corrected chi connectivity index (χ3v) is 5.72. The van der Waals surface area contributed by atoms with Crippen LogP contribution in [0.15, 0.2) is 42.5 Å². The number of hydrogen-bond donors (Lipinski definition) is 1. The standard InChI is InChI=1S/C19H25NO2/c1-13-15(9-16-10-17(13)19(16,2)3)11-20-18(21)22-12-14-7-5-4-6-8-14/h4-8,15-17H,1,9-12H2,2-3H3,(H,20,21). The van der Waals surface area contributed by atoms with Gasteiger partial charge in [-0.25, -0.2) is 4.79 Å². The van der Waals surface area contributed by atoms with Crippen molar-refractivity contribution in [2.24, 2.45) is 23.2 Å². The van der Waals surface area contributed by atoms with E-state index in [-0.39, 0.29) is 6.09 Å². The Morgan fingerprint density at radius 2 is 2.05 bits per heavy atom. The summed E-state index contributed by atoms with van der Waals surface area (Å²) in [4.78, 5) is 11.8. The van der Waals surface area contributed by atoms with Crippen molar-refractivity contribution in [3.8, 4) is 0 Å². The molecule has 1 aromatic carbocycles. The second-order valence-electron chi connectivity index (χ2n) is 7.26. The Labute approximate surface area is 132 Å².